The van der Waals surface area contributed by atoms with Crippen LogP contribution in [0.5, 0.6) is 11.5 Å². The second kappa shape index (κ2) is 9.44. The minimum Gasteiger partial charge on any atom is -0.454 e. The molecule has 3 aromatic carbocycles. The summed E-state index contributed by atoms with van der Waals surface area (Å²) in [5, 5.41) is 26.6. The molecule has 0 radical (unpaired) electrons. The lowest BCUT2D eigenvalue weighted by Gasteiger charge is -2.13. The number of fused-ring (bicyclic) bond motifs is 1. The van der Waals surface area contributed by atoms with Crippen LogP contribution >= 0.6 is 11.6 Å². The van der Waals surface area contributed by atoms with Gasteiger partial charge >= 0.3 is 0 Å². The Morgan fingerprint density at radius 1 is 0.971 bits per heavy atom. The Kier molecular flexibility index (Phi) is 6.40. The van der Waals surface area contributed by atoms with Crippen LogP contribution < -0.4 is 19.6 Å². The summed E-state index contributed by atoms with van der Waals surface area (Å²) in [6, 6.07) is 11.6. The number of anilines is 2. The predicted molar refractivity (Wildman–Crippen MR) is 126 cm³/mol. The lowest BCUT2D eigenvalue weighted by Crippen LogP contribution is -2.15. The molecule has 0 saturated carbocycles. The highest BCUT2D eigenvalue weighted by atomic mass is 35.5. The molecule has 0 aromatic heterocycles. The number of para-hydroxylation sites is 1. The summed E-state index contributed by atoms with van der Waals surface area (Å²) in [5.41, 5.74) is 1.64. The Morgan fingerprint density at radius 3 is 2.37 bits per heavy atom. The first kappa shape index (κ1) is 23.7. The van der Waals surface area contributed by atoms with Gasteiger partial charge in [-0.1, -0.05) is 23.7 Å². The Bertz CT molecular complexity index is 1480. The van der Waals surface area contributed by atoms with Crippen LogP contribution in [0.4, 0.5) is 22.7 Å². The standard InChI is InChI=1S/C20H14ClN5O8S/c21-14-3-1-2-4-15(14)24-35(31,32)20-8-13(25(27)28)5-6-16(20)23-22-10-12-7-18-19(34-11-33-18)9-17(12)26(29)30/h1-10,23-24H,11H2/b22-10+. The van der Waals surface area contributed by atoms with E-state index in [1.807, 2.05) is 0 Å². The predicted octanol–water partition coefficient (Wildman–Crippen LogP) is 4.13. The topological polar surface area (TPSA) is 175 Å². The van der Waals surface area contributed by atoms with Crippen molar-refractivity contribution in [3.63, 3.8) is 0 Å². The Hall–Kier alpha value is -4.43. The van der Waals surface area contributed by atoms with Crippen molar-refractivity contribution in [3.05, 3.63) is 85.4 Å². The van der Waals surface area contributed by atoms with Gasteiger partial charge in [0.25, 0.3) is 21.4 Å². The average molecular weight is 520 g/mol. The van der Waals surface area contributed by atoms with Gasteiger partial charge in [-0.05, 0) is 24.3 Å². The van der Waals surface area contributed by atoms with Crippen molar-refractivity contribution < 1.29 is 27.7 Å². The van der Waals surface area contributed by atoms with Crippen LogP contribution in [0, 0.1) is 20.2 Å². The van der Waals surface area contributed by atoms with Gasteiger partial charge < -0.3 is 9.47 Å². The van der Waals surface area contributed by atoms with Crippen molar-refractivity contribution in [2.45, 2.75) is 4.90 Å². The summed E-state index contributed by atoms with van der Waals surface area (Å²) in [5.74, 6) is 0.482. The number of ether oxygens (including phenoxy) is 2. The minimum absolute atomic E-state index is 0.0484. The number of rotatable bonds is 8. The number of hydrazone groups is 1. The van der Waals surface area contributed by atoms with Gasteiger partial charge in [0.2, 0.25) is 6.79 Å². The van der Waals surface area contributed by atoms with Crippen molar-refractivity contribution in [1.82, 2.24) is 0 Å². The van der Waals surface area contributed by atoms with Gasteiger partial charge in [-0.2, -0.15) is 5.10 Å². The van der Waals surface area contributed by atoms with E-state index in [1.54, 1.807) is 12.1 Å². The number of nitrogens with zero attached hydrogens (tertiary/aromatic N) is 3. The highest BCUT2D eigenvalue weighted by Crippen LogP contribution is 2.37. The number of benzene rings is 3. The van der Waals surface area contributed by atoms with Crippen molar-refractivity contribution >= 4 is 50.6 Å². The number of non-ortho nitro benzene ring substituents is 1. The summed E-state index contributed by atoms with van der Waals surface area (Å²) in [4.78, 5) is 20.7. The maximum atomic E-state index is 13.0. The normalized spacial score (nSPS) is 12.5. The van der Waals surface area contributed by atoms with Crippen molar-refractivity contribution in [1.29, 1.82) is 0 Å². The van der Waals surface area contributed by atoms with Crippen LogP contribution in [0.25, 0.3) is 0 Å². The summed E-state index contributed by atoms with van der Waals surface area (Å²) < 4.78 is 38.7. The third-order valence-electron chi connectivity index (χ3n) is 4.69. The van der Waals surface area contributed by atoms with Crippen molar-refractivity contribution in [3.8, 4) is 11.5 Å². The molecule has 15 heteroatoms. The number of sulfonamides is 1. The SMILES string of the molecule is O=[N+]([O-])c1ccc(N/N=C/c2cc3c(cc2[N+](=O)[O-])OCO3)c(S(=O)(=O)Nc2ccccc2Cl)c1. The van der Waals surface area contributed by atoms with E-state index >= 15 is 0 Å². The number of hydrogen-bond donors (Lipinski definition) is 2. The molecule has 0 bridgehead atoms. The first-order valence-corrected chi connectivity index (χ1v) is 11.4. The van der Waals surface area contributed by atoms with Crippen LogP contribution in [-0.2, 0) is 10.0 Å². The number of nitro groups is 2. The lowest BCUT2D eigenvalue weighted by atomic mass is 10.1. The second-order valence-corrected chi connectivity index (χ2v) is 8.97. The zero-order valence-electron chi connectivity index (χ0n) is 17.4. The van der Waals surface area contributed by atoms with E-state index in [2.05, 4.69) is 15.2 Å². The first-order chi connectivity index (χ1) is 16.7. The second-order valence-electron chi connectivity index (χ2n) is 6.91. The molecule has 1 aliphatic heterocycles. The molecule has 1 heterocycles. The first-order valence-electron chi connectivity index (χ1n) is 9.58. The highest BCUT2D eigenvalue weighted by Gasteiger charge is 2.24. The number of halogens is 1. The quantitative estimate of drug-likeness (QED) is 0.251. The Balaban J connectivity index is 1.68. The summed E-state index contributed by atoms with van der Waals surface area (Å²) in [6.45, 7) is -0.0895. The highest BCUT2D eigenvalue weighted by molar-refractivity contribution is 7.93. The molecule has 2 N–H and O–H groups in total. The molecule has 1 aliphatic rings. The maximum absolute atomic E-state index is 13.0. The molecule has 0 amide bonds. The molecular weight excluding hydrogens is 506 g/mol. The Morgan fingerprint density at radius 2 is 1.69 bits per heavy atom. The lowest BCUT2D eigenvalue weighted by molar-refractivity contribution is -0.385. The molecule has 0 spiro atoms. The number of nitrogens with one attached hydrogen (secondary N) is 2. The van der Waals surface area contributed by atoms with E-state index < -0.39 is 30.5 Å². The minimum atomic E-state index is -4.37. The van der Waals surface area contributed by atoms with Gasteiger partial charge in [-0.3, -0.25) is 30.4 Å². The van der Waals surface area contributed by atoms with E-state index in [1.165, 1.54) is 24.3 Å². The van der Waals surface area contributed by atoms with Gasteiger partial charge in [-0.15, -0.1) is 0 Å². The zero-order chi connectivity index (χ0) is 25.2. The number of nitro benzene ring substituents is 2. The van der Waals surface area contributed by atoms with Crippen LogP contribution in [-0.4, -0.2) is 31.3 Å². The maximum Gasteiger partial charge on any atom is 0.282 e. The third-order valence-corrected chi connectivity index (χ3v) is 6.43. The fourth-order valence-corrected chi connectivity index (χ4v) is 4.56. The summed E-state index contributed by atoms with van der Waals surface area (Å²) in [6.07, 6.45) is 1.08. The van der Waals surface area contributed by atoms with E-state index in [9.17, 15) is 28.6 Å². The zero-order valence-corrected chi connectivity index (χ0v) is 18.9. The molecule has 13 nitrogen and oxygen atoms in total. The smallest absolute Gasteiger partial charge is 0.282 e. The number of hydrogen-bond acceptors (Lipinski definition) is 10. The van der Waals surface area contributed by atoms with E-state index in [-0.39, 0.29) is 45.9 Å². The largest absolute Gasteiger partial charge is 0.454 e. The summed E-state index contributed by atoms with van der Waals surface area (Å²) >= 11 is 6.02. The fraction of sp³-hybridized carbons (Fsp3) is 0.0500. The average Bonchev–Trinajstić information content (AvgIpc) is 3.27. The van der Waals surface area contributed by atoms with E-state index in [0.717, 1.165) is 24.4 Å². The van der Waals surface area contributed by atoms with E-state index in [4.69, 9.17) is 21.1 Å². The molecule has 0 aliphatic carbocycles. The van der Waals surface area contributed by atoms with Crippen LogP contribution in [0.15, 0.2) is 64.6 Å². The molecule has 4 rings (SSSR count). The van der Waals surface area contributed by atoms with Gasteiger partial charge in [0.1, 0.15) is 4.90 Å². The fourth-order valence-electron chi connectivity index (χ4n) is 3.06. The molecule has 0 atom stereocenters. The third kappa shape index (κ3) is 5.07. The van der Waals surface area contributed by atoms with Gasteiger partial charge in [-0.25, -0.2) is 8.42 Å². The molecular formula is C20H14ClN5O8S. The van der Waals surface area contributed by atoms with Crippen LogP contribution in [0.1, 0.15) is 5.56 Å². The Labute approximate surface area is 202 Å². The molecule has 3 aromatic rings. The van der Waals surface area contributed by atoms with E-state index in [0.29, 0.717) is 0 Å². The van der Waals surface area contributed by atoms with Crippen molar-refractivity contribution in [2.75, 3.05) is 16.9 Å². The molecule has 0 saturated heterocycles. The molecule has 0 fully saturated rings. The molecule has 35 heavy (non-hydrogen) atoms. The molecule has 180 valence electrons. The summed E-state index contributed by atoms with van der Waals surface area (Å²) in [7, 11) is -4.37. The van der Waals surface area contributed by atoms with Crippen molar-refractivity contribution in [2.24, 2.45) is 5.10 Å². The van der Waals surface area contributed by atoms with Crippen LogP contribution in [0.2, 0.25) is 5.02 Å². The van der Waals surface area contributed by atoms with Gasteiger partial charge in [0.15, 0.2) is 11.5 Å². The van der Waals surface area contributed by atoms with Gasteiger partial charge in [0.05, 0.1) is 44.1 Å². The van der Waals surface area contributed by atoms with Crippen LogP contribution in [0.3, 0.4) is 0 Å². The molecule has 0 unspecified atom stereocenters. The monoisotopic (exact) mass is 519 g/mol. The van der Waals surface area contributed by atoms with Gasteiger partial charge in [0, 0.05) is 12.1 Å².